The Morgan fingerprint density at radius 2 is 1.89 bits per heavy atom. The lowest BCUT2D eigenvalue weighted by Crippen LogP contribution is -2.08. The zero-order valence-electron chi connectivity index (χ0n) is 14.7. The van der Waals surface area contributed by atoms with E-state index in [1.165, 1.54) is 0 Å². The lowest BCUT2D eigenvalue weighted by Gasteiger charge is -2.11. The first-order valence-corrected chi connectivity index (χ1v) is 10.3. The molecule has 2 heterocycles. The average molecular weight is 382 g/mol. The molecule has 2 N–H and O–H groups in total. The van der Waals surface area contributed by atoms with E-state index in [-0.39, 0.29) is 5.30 Å². The standard InChI is InChI=1S/C20H19N2O4P/c1-26-15-6-9-18-17(11-15)20-19(3-2-10-21-20)22(18)12-14-4-7-16(8-5-14)27(24,25)13-23/h2-11,23H,12-13H2,1H3,(H,24,25). The number of rotatable bonds is 5. The van der Waals surface area contributed by atoms with Crippen molar-refractivity contribution >= 4 is 34.6 Å². The highest BCUT2D eigenvalue weighted by atomic mass is 31.2. The van der Waals surface area contributed by atoms with Gasteiger partial charge in [0, 0.05) is 23.4 Å². The number of aromatic nitrogens is 2. The van der Waals surface area contributed by atoms with Crippen LogP contribution in [0.15, 0.2) is 60.8 Å². The predicted octanol–water partition coefficient (Wildman–Crippen LogP) is 3.09. The fourth-order valence-electron chi connectivity index (χ4n) is 3.29. The molecule has 0 aliphatic rings. The maximum absolute atomic E-state index is 11.9. The van der Waals surface area contributed by atoms with Crippen LogP contribution in [0.25, 0.3) is 21.9 Å². The van der Waals surface area contributed by atoms with Crippen molar-refractivity contribution in [1.82, 2.24) is 9.55 Å². The van der Waals surface area contributed by atoms with E-state index in [9.17, 15) is 9.46 Å². The molecule has 0 bridgehead atoms. The third kappa shape index (κ3) is 3.12. The first-order chi connectivity index (χ1) is 13.0. The second-order valence-electron chi connectivity index (χ2n) is 6.35. The predicted molar refractivity (Wildman–Crippen MR) is 106 cm³/mol. The second-order valence-corrected chi connectivity index (χ2v) is 8.55. The van der Waals surface area contributed by atoms with Crippen LogP contribution in [0.5, 0.6) is 5.75 Å². The molecule has 6 nitrogen and oxygen atoms in total. The van der Waals surface area contributed by atoms with Crippen LogP contribution in [0.3, 0.4) is 0 Å². The number of hydrogen-bond donors (Lipinski definition) is 2. The van der Waals surface area contributed by atoms with Crippen LogP contribution in [0.4, 0.5) is 0 Å². The molecule has 1 unspecified atom stereocenters. The summed E-state index contributed by atoms with van der Waals surface area (Å²) in [5.74, 6) is 0.777. The average Bonchev–Trinajstić information content (AvgIpc) is 3.01. The highest BCUT2D eigenvalue weighted by Gasteiger charge is 2.19. The molecule has 4 aromatic rings. The van der Waals surface area contributed by atoms with Crippen molar-refractivity contribution in [2.75, 3.05) is 13.5 Å². The minimum absolute atomic E-state index is 0.252. The molecule has 0 saturated carbocycles. The van der Waals surface area contributed by atoms with Gasteiger partial charge < -0.3 is 19.3 Å². The number of nitrogens with zero attached hydrogens (tertiary/aromatic N) is 2. The molecule has 0 aliphatic heterocycles. The minimum atomic E-state index is -3.68. The van der Waals surface area contributed by atoms with Gasteiger partial charge in [0.05, 0.1) is 23.7 Å². The summed E-state index contributed by atoms with van der Waals surface area (Å²) in [6.07, 6.45) is 1.01. The molecule has 0 radical (unpaired) electrons. The summed E-state index contributed by atoms with van der Waals surface area (Å²) in [5.41, 5.74) is 3.93. The van der Waals surface area contributed by atoms with Crippen molar-refractivity contribution in [2.24, 2.45) is 0 Å². The van der Waals surface area contributed by atoms with Gasteiger partial charge in [0.1, 0.15) is 12.1 Å². The zero-order chi connectivity index (χ0) is 19.0. The Kier molecular flexibility index (Phi) is 4.48. The Balaban J connectivity index is 1.80. The van der Waals surface area contributed by atoms with E-state index < -0.39 is 13.7 Å². The Morgan fingerprint density at radius 3 is 2.59 bits per heavy atom. The topological polar surface area (TPSA) is 84.6 Å². The van der Waals surface area contributed by atoms with Gasteiger partial charge in [-0.05, 0) is 48.0 Å². The fourth-order valence-corrected chi connectivity index (χ4v) is 4.07. The van der Waals surface area contributed by atoms with Crippen molar-refractivity contribution in [2.45, 2.75) is 6.54 Å². The molecule has 2 aromatic carbocycles. The minimum Gasteiger partial charge on any atom is -0.497 e. The van der Waals surface area contributed by atoms with Gasteiger partial charge in [-0.1, -0.05) is 12.1 Å². The Morgan fingerprint density at radius 1 is 1.11 bits per heavy atom. The highest BCUT2D eigenvalue weighted by Crippen LogP contribution is 2.37. The van der Waals surface area contributed by atoms with Crippen molar-refractivity contribution < 1.29 is 19.3 Å². The smallest absolute Gasteiger partial charge is 0.254 e. The first kappa shape index (κ1) is 17.7. The van der Waals surface area contributed by atoms with Crippen molar-refractivity contribution in [3.05, 3.63) is 66.4 Å². The monoisotopic (exact) mass is 382 g/mol. The molecule has 2 aromatic heterocycles. The number of benzene rings is 2. The Hall–Kier alpha value is -2.66. The highest BCUT2D eigenvalue weighted by molar-refractivity contribution is 7.65. The van der Waals surface area contributed by atoms with Gasteiger partial charge in [-0.25, -0.2) is 0 Å². The molecule has 0 amide bonds. The molecular weight excluding hydrogens is 363 g/mol. The number of aliphatic hydroxyl groups is 1. The first-order valence-electron chi connectivity index (χ1n) is 8.46. The molecule has 1 atom stereocenters. The van der Waals surface area contributed by atoms with Crippen LogP contribution < -0.4 is 10.0 Å². The summed E-state index contributed by atoms with van der Waals surface area (Å²) in [7, 11) is -2.04. The van der Waals surface area contributed by atoms with Gasteiger partial charge in [-0.2, -0.15) is 0 Å². The van der Waals surface area contributed by atoms with Gasteiger partial charge in [0.2, 0.25) is 0 Å². The summed E-state index contributed by atoms with van der Waals surface area (Å²) < 4.78 is 19.4. The largest absolute Gasteiger partial charge is 0.497 e. The Labute approximate surface area is 156 Å². The number of fused-ring (bicyclic) bond motifs is 3. The molecular formula is C20H19N2O4P. The number of methoxy groups -OCH3 is 1. The molecule has 138 valence electrons. The van der Waals surface area contributed by atoms with Crippen LogP contribution in [-0.2, 0) is 11.1 Å². The normalized spacial score (nSPS) is 13.7. The van der Waals surface area contributed by atoms with Crippen LogP contribution in [0.1, 0.15) is 5.56 Å². The van der Waals surface area contributed by atoms with Gasteiger partial charge in [-0.3, -0.25) is 9.55 Å². The van der Waals surface area contributed by atoms with E-state index in [1.807, 2.05) is 42.5 Å². The van der Waals surface area contributed by atoms with Crippen LogP contribution in [0, 0.1) is 0 Å². The summed E-state index contributed by atoms with van der Waals surface area (Å²) in [6, 6.07) is 16.7. The lowest BCUT2D eigenvalue weighted by molar-refractivity contribution is 0.337. The molecule has 0 fully saturated rings. The summed E-state index contributed by atoms with van der Waals surface area (Å²) in [6.45, 7) is 0.590. The molecule has 0 saturated heterocycles. The van der Waals surface area contributed by atoms with E-state index in [1.54, 1.807) is 25.4 Å². The Bertz CT molecular complexity index is 1170. The van der Waals surface area contributed by atoms with Crippen molar-refractivity contribution in [3.8, 4) is 5.75 Å². The van der Waals surface area contributed by atoms with Crippen molar-refractivity contribution in [3.63, 3.8) is 0 Å². The summed E-state index contributed by atoms with van der Waals surface area (Å²) >= 11 is 0. The van der Waals surface area contributed by atoms with Gasteiger partial charge >= 0.3 is 0 Å². The van der Waals surface area contributed by atoms with E-state index in [4.69, 9.17) is 9.84 Å². The lowest BCUT2D eigenvalue weighted by atomic mass is 10.2. The number of pyridine rings is 1. The van der Waals surface area contributed by atoms with Crippen molar-refractivity contribution in [1.29, 1.82) is 0 Å². The zero-order valence-corrected chi connectivity index (χ0v) is 15.6. The third-order valence-electron chi connectivity index (χ3n) is 4.70. The fraction of sp³-hybridized carbons (Fsp3) is 0.150. The molecule has 0 spiro atoms. The quantitative estimate of drug-likeness (QED) is 0.518. The third-order valence-corrected chi connectivity index (χ3v) is 6.19. The van der Waals surface area contributed by atoms with E-state index >= 15 is 0 Å². The van der Waals surface area contributed by atoms with E-state index in [0.717, 1.165) is 33.2 Å². The summed E-state index contributed by atoms with van der Waals surface area (Å²) in [4.78, 5) is 14.3. The number of ether oxygens (including phenoxy) is 1. The van der Waals surface area contributed by atoms with Crippen LogP contribution in [0.2, 0.25) is 0 Å². The molecule has 4 rings (SSSR count). The number of aliphatic hydroxyl groups excluding tert-OH is 1. The maximum atomic E-state index is 11.9. The molecule has 7 heteroatoms. The van der Waals surface area contributed by atoms with Gasteiger partial charge in [0.15, 0.2) is 0 Å². The maximum Gasteiger partial charge on any atom is 0.254 e. The number of hydrogen-bond acceptors (Lipinski definition) is 4. The van der Waals surface area contributed by atoms with E-state index in [2.05, 4.69) is 9.55 Å². The van der Waals surface area contributed by atoms with Gasteiger partial charge in [0.25, 0.3) is 7.37 Å². The summed E-state index contributed by atoms with van der Waals surface area (Å²) in [5, 5.41) is 10.3. The second kappa shape index (κ2) is 6.82. The van der Waals surface area contributed by atoms with Crippen LogP contribution in [-0.4, -0.2) is 33.0 Å². The van der Waals surface area contributed by atoms with E-state index in [0.29, 0.717) is 6.54 Å². The molecule has 0 aliphatic carbocycles. The molecule has 27 heavy (non-hydrogen) atoms. The van der Waals surface area contributed by atoms with Crippen LogP contribution >= 0.6 is 7.37 Å². The van der Waals surface area contributed by atoms with Gasteiger partial charge in [-0.15, -0.1) is 0 Å². The SMILES string of the molecule is COc1ccc2c(c1)c1ncccc1n2Cc1ccc(P(=O)(O)CO)cc1.